The molecule has 0 aliphatic heterocycles. The summed E-state index contributed by atoms with van der Waals surface area (Å²) >= 11 is 0. The van der Waals surface area contributed by atoms with Crippen LogP contribution in [-0.2, 0) is 4.79 Å². The number of nitrogens with one attached hydrogen (secondary N) is 1. The number of aromatic hydroxyl groups is 2. The van der Waals surface area contributed by atoms with Gasteiger partial charge in [0.15, 0.2) is 17.8 Å². The molecule has 0 radical (unpaired) electrons. The summed E-state index contributed by atoms with van der Waals surface area (Å²) in [6, 6.07) is 4.15. The van der Waals surface area contributed by atoms with Crippen LogP contribution in [0.15, 0.2) is 23.8 Å². The Bertz CT molecular complexity index is 386. The summed E-state index contributed by atoms with van der Waals surface area (Å²) in [5.41, 5.74) is 0.737. The van der Waals surface area contributed by atoms with Crippen molar-refractivity contribution in [3.8, 4) is 11.5 Å². The van der Waals surface area contributed by atoms with E-state index in [1.54, 1.807) is 0 Å². The third-order valence-corrected chi connectivity index (χ3v) is 1.64. The van der Waals surface area contributed by atoms with Crippen LogP contribution >= 0.6 is 0 Å². The lowest BCUT2D eigenvalue weighted by molar-refractivity contribution is -0.104. The van der Waals surface area contributed by atoms with Gasteiger partial charge in [-0.05, 0) is 23.8 Å². The second-order valence-corrected chi connectivity index (χ2v) is 2.65. The van der Waals surface area contributed by atoms with Crippen molar-refractivity contribution in [3.63, 3.8) is 0 Å². The van der Waals surface area contributed by atoms with Crippen LogP contribution in [0.4, 0.5) is 0 Å². The zero-order valence-electron chi connectivity index (χ0n) is 7.27. The van der Waals surface area contributed by atoms with Crippen molar-refractivity contribution in [2.45, 2.75) is 0 Å². The molecule has 1 rings (SSSR count). The van der Waals surface area contributed by atoms with Crippen LogP contribution < -0.4 is 0 Å². The fourth-order valence-electron chi connectivity index (χ4n) is 0.932. The predicted molar refractivity (Wildman–Crippen MR) is 52.6 cm³/mol. The highest BCUT2D eigenvalue weighted by molar-refractivity contribution is 6.05. The maximum atomic E-state index is 10.4. The topological polar surface area (TPSA) is 81.4 Å². The fourth-order valence-corrected chi connectivity index (χ4v) is 0.932. The lowest BCUT2D eigenvalue weighted by atomic mass is 10.1. The normalized spacial score (nSPS) is 11.0. The Morgan fingerprint density at radius 1 is 1.29 bits per heavy atom. The van der Waals surface area contributed by atoms with E-state index in [1.807, 2.05) is 0 Å². The molecule has 72 valence electrons. The zero-order valence-corrected chi connectivity index (χ0v) is 7.27. The molecule has 0 fully saturated rings. The minimum absolute atomic E-state index is 0.190. The Hall–Kier alpha value is -2.10. The van der Waals surface area contributed by atoms with E-state index >= 15 is 0 Å². The number of rotatable bonds is 3. The van der Waals surface area contributed by atoms with E-state index < -0.39 is 0 Å². The molecule has 1 aromatic rings. The number of carbonyl (C=O) groups is 1. The van der Waals surface area contributed by atoms with Gasteiger partial charge < -0.3 is 15.6 Å². The van der Waals surface area contributed by atoms with Crippen molar-refractivity contribution < 1.29 is 15.0 Å². The van der Waals surface area contributed by atoms with Gasteiger partial charge in [0.05, 0.1) is 0 Å². The second-order valence-electron chi connectivity index (χ2n) is 2.65. The molecule has 0 heterocycles. The molecule has 4 nitrogen and oxygen atoms in total. The van der Waals surface area contributed by atoms with Gasteiger partial charge in [-0.1, -0.05) is 6.07 Å². The predicted octanol–water partition coefficient (Wildman–Crippen LogP) is 1.33. The lowest BCUT2D eigenvalue weighted by Gasteiger charge is -1.98. The molecule has 1 aromatic carbocycles. The molecular formula is C10H9NO3. The van der Waals surface area contributed by atoms with Crippen LogP contribution in [0.25, 0.3) is 6.08 Å². The number of hydrogen-bond acceptors (Lipinski definition) is 4. The maximum Gasteiger partial charge on any atom is 0.157 e. The standard InChI is InChI=1S/C10H9NO3/c11-5-8(6-12)3-7-1-2-9(13)10(14)4-7/h1-6,11,13-14H/b8-3+,11-5?. The number of carbonyl (C=O) groups excluding carboxylic acids is 1. The smallest absolute Gasteiger partial charge is 0.157 e. The average Bonchev–Trinajstić information content (AvgIpc) is 2.19. The summed E-state index contributed by atoms with van der Waals surface area (Å²) in [6.45, 7) is 0. The molecule has 0 amide bonds. The largest absolute Gasteiger partial charge is 0.504 e. The number of phenols is 2. The number of aldehydes is 1. The van der Waals surface area contributed by atoms with Crippen LogP contribution in [0.5, 0.6) is 11.5 Å². The molecule has 0 spiro atoms. The first kappa shape index (κ1) is 9.98. The molecule has 4 heteroatoms. The first-order valence-electron chi connectivity index (χ1n) is 3.86. The quantitative estimate of drug-likeness (QED) is 0.292. The molecular weight excluding hydrogens is 182 g/mol. The van der Waals surface area contributed by atoms with Gasteiger partial charge >= 0.3 is 0 Å². The summed E-state index contributed by atoms with van der Waals surface area (Å²) < 4.78 is 0. The van der Waals surface area contributed by atoms with Crippen LogP contribution in [-0.4, -0.2) is 22.7 Å². The van der Waals surface area contributed by atoms with Gasteiger partial charge in [-0.15, -0.1) is 0 Å². The summed E-state index contributed by atoms with van der Waals surface area (Å²) in [4.78, 5) is 10.4. The molecule has 0 bridgehead atoms. The summed E-state index contributed by atoms with van der Waals surface area (Å²) in [7, 11) is 0. The minimum atomic E-state index is -0.256. The summed E-state index contributed by atoms with van der Waals surface area (Å²) in [5, 5.41) is 25.0. The number of allylic oxidation sites excluding steroid dienone is 1. The molecule has 0 atom stereocenters. The van der Waals surface area contributed by atoms with Gasteiger partial charge in [-0.2, -0.15) is 0 Å². The van der Waals surface area contributed by atoms with Crippen molar-refractivity contribution in [1.82, 2.24) is 0 Å². The number of phenolic OH excluding ortho intramolecular Hbond substituents is 2. The van der Waals surface area contributed by atoms with Crippen LogP contribution in [0.1, 0.15) is 5.56 Å². The molecule has 0 aliphatic rings. The molecule has 0 aromatic heterocycles. The average molecular weight is 191 g/mol. The highest BCUT2D eigenvalue weighted by Crippen LogP contribution is 2.25. The third kappa shape index (κ3) is 2.20. The van der Waals surface area contributed by atoms with Crippen molar-refractivity contribution in [1.29, 1.82) is 5.41 Å². The van der Waals surface area contributed by atoms with Crippen molar-refractivity contribution in [3.05, 3.63) is 29.3 Å². The first-order chi connectivity index (χ1) is 6.67. The van der Waals surface area contributed by atoms with Crippen LogP contribution in [0.2, 0.25) is 0 Å². The third-order valence-electron chi connectivity index (χ3n) is 1.64. The Balaban J connectivity index is 3.09. The molecule has 3 N–H and O–H groups in total. The minimum Gasteiger partial charge on any atom is -0.504 e. The van der Waals surface area contributed by atoms with Crippen LogP contribution in [0, 0.1) is 5.41 Å². The highest BCUT2D eigenvalue weighted by Gasteiger charge is 1.99. The fraction of sp³-hybridized carbons (Fsp3) is 0. The highest BCUT2D eigenvalue weighted by atomic mass is 16.3. The van der Waals surface area contributed by atoms with Gasteiger partial charge in [0.25, 0.3) is 0 Å². The van der Waals surface area contributed by atoms with E-state index in [1.165, 1.54) is 24.3 Å². The lowest BCUT2D eigenvalue weighted by Crippen LogP contribution is -1.84. The van der Waals surface area contributed by atoms with Crippen LogP contribution in [0.3, 0.4) is 0 Å². The van der Waals surface area contributed by atoms with Crippen molar-refractivity contribution in [2.75, 3.05) is 0 Å². The van der Waals surface area contributed by atoms with E-state index in [0.717, 1.165) is 6.21 Å². The molecule has 14 heavy (non-hydrogen) atoms. The van der Waals surface area contributed by atoms with E-state index in [9.17, 15) is 4.79 Å². The molecule has 0 saturated carbocycles. The maximum absolute atomic E-state index is 10.4. The monoisotopic (exact) mass is 191 g/mol. The number of hydrogen-bond donors (Lipinski definition) is 3. The van der Waals surface area contributed by atoms with Crippen molar-refractivity contribution >= 4 is 18.6 Å². The Kier molecular flexibility index (Phi) is 3.01. The van der Waals surface area contributed by atoms with E-state index in [4.69, 9.17) is 15.6 Å². The SMILES string of the molecule is N=C/C(C=O)=C\c1ccc(O)c(O)c1. The van der Waals surface area contributed by atoms with Crippen molar-refractivity contribution in [2.24, 2.45) is 0 Å². The summed E-state index contributed by atoms with van der Waals surface area (Å²) in [6.07, 6.45) is 2.88. The number of benzene rings is 1. The van der Waals surface area contributed by atoms with Gasteiger partial charge in [0.2, 0.25) is 0 Å². The zero-order chi connectivity index (χ0) is 10.6. The Labute approximate surface area is 80.6 Å². The van der Waals surface area contributed by atoms with Gasteiger partial charge in [-0.25, -0.2) is 0 Å². The van der Waals surface area contributed by atoms with Gasteiger partial charge in [0, 0.05) is 11.8 Å². The Morgan fingerprint density at radius 3 is 2.50 bits per heavy atom. The summed E-state index contributed by atoms with van der Waals surface area (Å²) in [5.74, 6) is -0.473. The molecule has 0 saturated heterocycles. The molecule has 0 unspecified atom stereocenters. The second kappa shape index (κ2) is 4.23. The van der Waals surface area contributed by atoms with Gasteiger partial charge in [0.1, 0.15) is 0 Å². The van der Waals surface area contributed by atoms with E-state index in [0.29, 0.717) is 11.8 Å². The Morgan fingerprint density at radius 2 is 2.00 bits per heavy atom. The van der Waals surface area contributed by atoms with E-state index in [-0.39, 0.29) is 17.1 Å². The van der Waals surface area contributed by atoms with Gasteiger partial charge in [-0.3, -0.25) is 4.79 Å². The molecule has 0 aliphatic carbocycles. The van der Waals surface area contributed by atoms with E-state index in [2.05, 4.69) is 0 Å². The first-order valence-corrected chi connectivity index (χ1v) is 3.86.